The Hall–Kier alpha value is -1.65. The van der Waals surface area contributed by atoms with Gasteiger partial charge in [0.1, 0.15) is 5.75 Å². The highest BCUT2D eigenvalue weighted by Gasteiger charge is 2.07. The number of alkyl halides is 2. The number of hydrogen-bond acceptors (Lipinski definition) is 2. The second kappa shape index (κ2) is 4.39. The van der Waals surface area contributed by atoms with Crippen LogP contribution < -0.4 is 10.1 Å². The summed E-state index contributed by atoms with van der Waals surface area (Å²) in [6, 6.07) is 5.86. The summed E-state index contributed by atoms with van der Waals surface area (Å²) in [6.45, 7) is -2.91. The second-order valence-corrected chi connectivity index (χ2v) is 2.10. The lowest BCUT2D eigenvalue weighted by Gasteiger charge is -2.07. The number of carbonyl (C=O) groups excluding carboxylic acids is 1. The van der Waals surface area contributed by atoms with Gasteiger partial charge in [-0.15, -0.1) is 0 Å². The van der Waals surface area contributed by atoms with Gasteiger partial charge < -0.3 is 10.1 Å². The topological polar surface area (TPSA) is 38.3 Å². The molecule has 13 heavy (non-hydrogen) atoms. The van der Waals surface area contributed by atoms with Gasteiger partial charge in [0.05, 0.1) is 5.69 Å². The molecule has 1 aromatic rings. The maximum atomic E-state index is 11.8. The van der Waals surface area contributed by atoms with Crippen LogP contribution in [-0.2, 0) is 4.79 Å². The van der Waals surface area contributed by atoms with Gasteiger partial charge >= 0.3 is 13.0 Å². The molecular formula is C8H6F2NO2. The zero-order valence-corrected chi connectivity index (χ0v) is 6.46. The van der Waals surface area contributed by atoms with E-state index >= 15 is 0 Å². The summed E-state index contributed by atoms with van der Waals surface area (Å²) < 4.78 is 27.7. The highest BCUT2D eigenvalue weighted by molar-refractivity contribution is 5.75. The Labute approximate surface area is 73.3 Å². The van der Waals surface area contributed by atoms with Crippen LogP contribution in [0.1, 0.15) is 0 Å². The van der Waals surface area contributed by atoms with Gasteiger partial charge in [0.2, 0.25) is 0 Å². The van der Waals surface area contributed by atoms with E-state index in [9.17, 15) is 13.6 Å². The first-order valence-electron chi connectivity index (χ1n) is 3.41. The van der Waals surface area contributed by atoms with Crippen molar-refractivity contribution in [1.29, 1.82) is 0 Å². The molecule has 69 valence electrons. The maximum absolute atomic E-state index is 11.8. The van der Waals surface area contributed by atoms with E-state index in [0.29, 0.717) is 0 Å². The van der Waals surface area contributed by atoms with E-state index in [0.717, 1.165) is 0 Å². The smallest absolute Gasteiger partial charge is 0.387 e. The van der Waals surface area contributed by atoms with E-state index in [1.807, 2.05) is 0 Å². The fourth-order valence-electron chi connectivity index (χ4n) is 0.824. The summed E-state index contributed by atoms with van der Waals surface area (Å²) in [5.74, 6) is -0.0825. The Kier molecular flexibility index (Phi) is 3.19. The van der Waals surface area contributed by atoms with Gasteiger partial charge in [-0.2, -0.15) is 8.78 Å². The standard InChI is InChI=1S/C8H6F2NO2/c9-8(10)13-7-4-2-1-3-6(7)11-5-12/h1-4,8H,(H,11,12). The van der Waals surface area contributed by atoms with Crippen LogP contribution in [0.4, 0.5) is 14.5 Å². The lowest BCUT2D eigenvalue weighted by molar-refractivity contribution is -0.0493. The molecule has 3 nitrogen and oxygen atoms in total. The number of rotatable bonds is 4. The Bertz CT molecular complexity index is 291. The molecule has 0 bridgehead atoms. The van der Waals surface area contributed by atoms with Crippen LogP contribution in [-0.4, -0.2) is 13.0 Å². The zero-order valence-electron chi connectivity index (χ0n) is 6.46. The second-order valence-electron chi connectivity index (χ2n) is 2.10. The zero-order chi connectivity index (χ0) is 9.68. The Morgan fingerprint density at radius 2 is 2.08 bits per heavy atom. The van der Waals surface area contributed by atoms with Gasteiger partial charge in [-0.3, -0.25) is 4.79 Å². The summed E-state index contributed by atoms with van der Waals surface area (Å²) in [4.78, 5) is 9.93. The van der Waals surface area contributed by atoms with Crippen molar-refractivity contribution < 1.29 is 18.3 Å². The fourth-order valence-corrected chi connectivity index (χ4v) is 0.824. The molecule has 0 aromatic heterocycles. The predicted octanol–water partition coefficient (Wildman–Crippen LogP) is 1.77. The van der Waals surface area contributed by atoms with E-state index in [2.05, 4.69) is 10.1 Å². The molecule has 0 aliphatic rings. The Morgan fingerprint density at radius 3 is 2.69 bits per heavy atom. The van der Waals surface area contributed by atoms with Crippen LogP contribution in [0.5, 0.6) is 5.75 Å². The van der Waals surface area contributed by atoms with Gasteiger partial charge in [-0.05, 0) is 12.1 Å². The van der Waals surface area contributed by atoms with Gasteiger partial charge in [0, 0.05) is 0 Å². The molecular weight excluding hydrogens is 180 g/mol. The number of para-hydroxylation sites is 2. The van der Waals surface area contributed by atoms with Crippen molar-refractivity contribution in [3.05, 3.63) is 24.3 Å². The molecule has 0 heterocycles. The van der Waals surface area contributed by atoms with Gasteiger partial charge in [-0.25, -0.2) is 0 Å². The third kappa shape index (κ3) is 2.70. The van der Waals surface area contributed by atoms with E-state index in [1.165, 1.54) is 24.6 Å². The average molecular weight is 186 g/mol. The first-order valence-corrected chi connectivity index (χ1v) is 3.41. The molecule has 0 atom stereocenters. The number of hydrogen-bond donors (Lipinski definition) is 1. The molecule has 0 unspecified atom stereocenters. The van der Waals surface area contributed by atoms with Crippen molar-refractivity contribution in [2.45, 2.75) is 6.61 Å². The molecule has 1 radical (unpaired) electrons. The summed E-state index contributed by atoms with van der Waals surface area (Å²) in [5.41, 5.74) is 0.165. The summed E-state index contributed by atoms with van der Waals surface area (Å²) >= 11 is 0. The van der Waals surface area contributed by atoms with Crippen LogP contribution in [0.2, 0.25) is 0 Å². The average Bonchev–Trinajstić information content (AvgIpc) is 2.08. The molecule has 0 aliphatic carbocycles. The lowest BCUT2D eigenvalue weighted by Crippen LogP contribution is -2.05. The van der Waals surface area contributed by atoms with Crippen LogP contribution in [0.3, 0.4) is 0 Å². The van der Waals surface area contributed by atoms with Crippen LogP contribution >= 0.6 is 0 Å². The minimum Gasteiger partial charge on any atom is -0.433 e. The van der Waals surface area contributed by atoms with Crippen molar-refractivity contribution in [2.24, 2.45) is 0 Å². The molecule has 1 rings (SSSR count). The molecule has 0 spiro atoms. The number of nitrogens with one attached hydrogen (secondary N) is 1. The van der Waals surface area contributed by atoms with Crippen molar-refractivity contribution in [3.8, 4) is 5.75 Å². The molecule has 0 saturated heterocycles. The van der Waals surface area contributed by atoms with Crippen molar-refractivity contribution in [1.82, 2.24) is 0 Å². The largest absolute Gasteiger partial charge is 0.433 e. The molecule has 1 amide bonds. The highest BCUT2D eigenvalue weighted by Crippen LogP contribution is 2.24. The minimum atomic E-state index is -2.91. The van der Waals surface area contributed by atoms with Gasteiger partial charge in [-0.1, -0.05) is 12.1 Å². The maximum Gasteiger partial charge on any atom is 0.387 e. The van der Waals surface area contributed by atoms with Crippen LogP contribution in [0.15, 0.2) is 24.3 Å². The minimum absolute atomic E-state index is 0.0825. The van der Waals surface area contributed by atoms with Crippen LogP contribution in [0, 0.1) is 0 Å². The molecule has 1 N–H and O–H groups in total. The predicted molar refractivity (Wildman–Crippen MR) is 42.4 cm³/mol. The third-order valence-corrected chi connectivity index (χ3v) is 1.29. The molecule has 0 fully saturated rings. The third-order valence-electron chi connectivity index (χ3n) is 1.29. The first kappa shape index (κ1) is 9.44. The van der Waals surface area contributed by atoms with Crippen molar-refractivity contribution in [2.75, 3.05) is 5.32 Å². The number of anilines is 1. The van der Waals surface area contributed by atoms with E-state index in [1.54, 1.807) is 6.07 Å². The van der Waals surface area contributed by atoms with Crippen molar-refractivity contribution >= 4 is 12.1 Å². The quantitative estimate of drug-likeness (QED) is 0.727. The molecule has 0 aliphatic heterocycles. The van der Waals surface area contributed by atoms with Gasteiger partial charge in [0.25, 0.3) is 0 Å². The first-order chi connectivity index (χ1) is 6.24. The summed E-state index contributed by atoms with van der Waals surface area (Å²) in [5, 5.41) is 2.12. The Balaban J connectivity index is 2.83. The molecule has 0 saturated carbocycles. The normalized spacial score (nSPS) is 9.77. The summed E-state index contributed by atoms with van der Waals surface area (Å²) in [6.07, 6.45) is 1.37. The molecule has 1 aromatic carbocycles. The molecule has 5 heteroatoms. The number of benzene rings is 1. The number of amides is 1. The van der Waals surface area contributed by atoms with Crippen molar-refractivity contribution in [3.63, 3.8) is 0 Å². The fraction of sp³-hybridized carbons (Fsp3) is 0.125. The number of halogens is 2. The van der Waals surface area contributed by atoms with E-state index in [4.69, 9.17) is 0 Å². The van der Waals surface area contributed by atoms with Gasteiger partial charge in [0.15, 0.2) is 0 Å². The van der Waals surface area contributed by atoms with Crippen LogP contribution in [0.25, 0.3) is 0 Å². The SMILES string of the molecule is O=[C]Nc1ccccc1OC(F)F. The Morgan fingerprint density at radius 1 is 1.38 bits per heavy atom. The van der Waals surface area contributed by atoms with E-state index in [-0.39, 0.29) is 11.4 Å². The lowest BCUT2D eigenvalue weighted by atomic mass is 10.3. The highest BCUT2D eigenvalue weighted by atomic mass is 19.3. The summed E-state index contributed by atoms with van der Waals surface area (Å²) in [7, 11) is 0. The number of ether oxygens (including phenoxy) is 1. The van der Waals surface area contributed by atoms with E-state index < -0.39 is 6.61 Å². The monoisotopic (exact) mass is 186 g/mol.